The second-order valence-corrected chi connectivity index (χ2v) is 5.52. The fraction of sp³-hybridized carbons (Fsp3) is 0.533. The second-order valence-electron chi connectivity index (χ2n) is 5.09. The highest BCUT2D eigenvalue weighted by Gasteiger charge is 2.24. The number of carbonyl (C=O) groups excluding carboxylic acids is 1. The Morgan fingerprint density at radius 1 is 1.48 bits per heavy atom. The Balaban J connectivity index is 2.15. The highest BCUT2D eigenvalue weighted by Crippen LogP contribution is 2.25. The molecule has 21 heavy (non-hydrogen) atoms. The normalized spacial score (nSPS) is 18.6. The first-order valence-corrected chi connectivity index (χ1v) is 7.43. The first kappa shape index (κ1) is 16.1. The molecule has 0 spiro atoms. The zero-order valence-corrected chi connectivity index (χ0v) is 13.2. The molecule has 0 saturated carbocycles. The van der Waals surface area contributed by atoms with Gasteiger partial charge in [0.1, 0.15) is 12.4 Å². The molecule has 0 bridgehead atoms. The van der Waals surface area contributed by atoms with E-state index >= 15 is 0 Å². The van der Waals surface area contributed by atoms with Crippen molar-refractivity contribution in [3.8, 4) is 5.75 Å². The molecular formula is C15H21ClN2O3. The molecule has 1 aliphatic rings. The van der Waals surface area contributed by atoms with Crippen molar-refractivity contribution in [1.82, 2.24) is 10.2 Å². The van der Waals surface area contributed by atoms with Crippen LogP contribution in [0.4, 0.5) is 0 Å². The van der Waals surface area contributed by atoms with Crippen LogP contribution in [0.25, 0.3) is 0 Å². The smallest absolute Gasteiger partial charge is 0.257 e. The minimum Gasteiger partial charge on any atom is -0.490 e. The fourth-order valence-corrected chi connectivity index (χ4v) is 2.49. The molecule has 1 heterocycles. The number of halogens is 1. The van der Waals surface area contributed by atoms with Gasteiger partial charge in [-0.25, -0.2) is 0 Å². The molecule has 2 rings (SSSR count). The fourth-order valence-electron chi connectivity index (χ4n) is 2.32. The van der Waals surface area contributed by atoms with Gasteiger partial charge in [0.25, 0.3) is 5.91 Å². The summed E-state index contributed by atoms with van der Waals surface area (Å²) in [5.74, 6) is 0.505. The number of nitrogens with zero attached hydrogens (tertiary/aromatic N) is 1. The summed E-state index contributed by atoms with van der Waals surface area (Å²) in [5, 5.41) is 3.85. The standard InChI is InChI=1S/C15H21ClN2O3/c1-11-10-18(6-5-17-11)15(19)13-9-12(16)3-4-14(13)21-8-7-20-2/h3-4,9,11,17H,5-8,10H2,1-2H3. The molecule has 0 radical (unpaired) electrons. The van der Waals surface area contributed by atoms with Crippen molar-refractivity contribution in [2.24, 2.45) is 0 Å². The number of rotatable bonds is 5. The van der Waals surface area contributed by atoms with Crippen molar-refractivity contribution >= 4 is 17.5 Å². The monoisotopic (exact) mass is 312 g/mol. The molecule has 5 nitrogen and oxygen atoms in total. The molecule has 0 aromatic heterocycles. The first-order chi connectivity index (χ1) is 10.1. The molecule has 6 heteroatoms. The molecule has 1 aliphatic heterocycles. The number of amides is 1. The SMILES string of the molecule is COCCOc1ccc(Cl)cc1C(=O)N1CCNC(C)C1. The summed E-state index contributed by atoms with van der Waals surface area (Å²) in [4.78, 5) is 14.5. The van der Waals surface area contributed by atoms with E-state index in [-0.39, 0.29) is 5.91 Å². The van der Waals surface area contributed by atoms with Gasteiger partial charge in [-0.3, -0.25) is 4.79 Å². The highest BCUT2D eigenvalue weighted by molar-refractivity contribution is 6.31. The predicted octanol–water partition coefficient (Wildman–Crippen LogP) is 1.80. The molecule has 116 valence electrons. The van der Waals surface area contributed by atoms with E-state index < -0.39 is 0 Å². The van der Waals surface area contributed by atoms with Gasteiger partial charge < -0.3 is 19.7 Å². The van der Waals surface area contributed by atoms with Crippen molar-refractivity contribution in [1.29, 1.82) is 0 Å². The van der Waals surface area contributed by atoms with Gasteiger partial charge in [0.05, 0.1) is 12.2 Å². The van der Waals surface area contributed by atoms with Crippen LogP contribution in [0.5, 0.6) is 5.75 Å². The minimum absolute atomic E-state index is 0.0433. The van der Waals surface area contributed by atoms with Gasteiger partial charge in [0.15, 0.2) is 0 Å². The van der Waals surface area contributed by atoms with E-state index in [1.807, 2.05) is 4.90 Å². The van der Waals surface area contributed by atoms with Crippen LogP contribution in [0.15, 0.2) is 18.2 Å². The third-order valence-corrected chi connectivity index (χ3v) is 3.61. The molecule has 0 aliphatic carbocycles. The zero-order valence-electron chi connectivity index (χ0n) is 12.4. The lowest BCUT2D eigenvalue weighted by Gasteiger charge is -2.32. The van der Waals surface area contributed by atoms with E-state index in [2.05, 4.69) is 12.2 Å². The quantitative estimate of drug-likeness (QED) is 0.842. The number of methoxy groups -OCH3 is 1. The molecule has 1 saturated heterocycles. The van der Waals surface area contributed by atoms with Crippen molar-refractivity contribution in [2.75, 3.05) is 40.0 Å². The summed E-state index contributed by atoms with van der Waals surface area (Å²) in [5.41, 5.74) is 0.507. The van der Waals surface area contributed by atoms with E-state index in [1.54, 1.807) is 25.3 Å². The van der Waals surface area contributed by atoms with E-state index in [0.717, 1.165) is 6.54 Å². The highest BCUT2D eigenvalue weighted by atomic mass is 35.5. The second kappa shape index (κ2) is 7.64. The van der Waals surface area contributed by atoms with Gasteiger partial charge in [-0.15, -0.1) is 0 Å². The van der Waals surface area contributed by atoms with E-state index in [0.29, 0.717) is 48.7 Å². The van der Waals surface area contributed by atoms with Crippen LogP contribution in [0.3, 0.4) is 0 Å². The lowest BCUT2D eigenvalue weighted by molar-refractivity contribution is 0.0702. The summed E-state index contributed by atoms with van der Waals surface area (Å²) < 4.78 is 10.6. The van der Waals surface area contributed by atoms with E-state index in [9.17, 15) is 4.79 Å². The predicted molar refractivity (Wildman–Crippen MR) is 82.2 cm³/mol. The van der Waals surface area contributed by atoms with Crippen molar-refractivity contribution in [3.05, 3.63) is 28.8 Å². The van der Waals surface area contributed by atoms with Gasteiger partial charge in [-0.1, -0.05) is 11.6 Å². The summed E-state index contributed by atoms with van der Waals surface area (Å²) in [7, 11) is 1.61. The van der Waals surface area contributed by atoms with Gasteiger partial charge in [0.2, 0.25) is 0 Å². The Kier molecular flexibility index (Phi) is 5.85. The average Bonchev–Trinajstić information content (AvgIpc) is 2.48. The maximum atomic E-state index is 12.7. The molecule has 1 unspecified atom stereocenters. The number of carbonyl (C=O) groups is 1. The van der Waals surface area contributed by atoms with Crippen LogP contribution in [0.1, 0.15) is 17.3 Å². The Hall–Kier alpha value is -1.30. The molecule has 1 amide bonds. The summed E-state index contributed by atoms with van der Waals surface area (Å²) >= 11 is 6.03. The van der Waals surface area contributed by atoms with Crippen molar-refractivity contribution < 1.29 is 14.3 Å². The van der Waals surface area contributed by atoms with Crippen LogP contribution >= 0.6 is 11.6 Å². The van der Waals surface area contributed by atoms with Gasteiger partial charge in [-0.2, -0.15) is 0 Å². The van der Waals surface area contributed by atoms with Crippen molar-refractivity contribution in [3.63, 3.8) is 0 Å². The average molecular weight is 313 g/mol. The van der Waals surface area contributed by atoms with Crippen LogP contribution in [-0.4, -0.2) is 56.8 Å². The molecule has 1 aromatic carbocycles. The Bertz CT molecular complexity index is 496. The van der Waals surface area contributed by atoms with Crippen LogP contribution in [-0.2, 0) is 4.74 Å². The van der Waals surface area contributed by atoms with Gasteiger partial charge >= 0.3 is 0 Å². The zero-order chi connectivity index (χ0) is 15.2. The summed E-state index contributed by atoms with van der Waals surface area (Å²) in [6.07, 6.45) is 0. The van der Waals surface area contributed by atoms with Crippen LogP contribution in [0.2, 0.25) is 5.02 Å². The third-order valence-electron chi connectivity index (χ3n) is 3.37. The van der Waals surface area contributed by atoms with E-state index in [1.165, 1.54) is 0 Å². The largest absolute Gasteiger partial charge is 0.490 e. The lowest BCUT2D eigenvalue weighted by atomic mass is 10.1. The number of hydrogen-bond donors (Lipinski definition) is 1. The Labute approximate surface area is 130 Å². The van der Waals surface area contributed by atoms with Crippen LogP contribution in [0, 0.1) is 0 Å². The number of hydrogen-bond acceptors (Lipinski definition) is 4. The minimum atomic E-state index is -0.0433. The van der Waals surface area contributed by atoms with Gasteiger partial charge in [0, 0.05) is 37.8 Å². The molecule has 1 aromatic rings. The van der Waals surface area contributed by atoms with Crippen molar-refractivity contribution in [2.45, 2.75) is 13.0 Å². The topological polar surface area (TPSA) is 50.8 Å². The summed E-state index contributed by atoms with van der Waals surface area (Å²) in [6.45, 7) is 5.11. The van der Waals surface area contributed by atoms with Crippen LogP contribution < -0.4 is 10.1 Å². The number of ether oxygens (including phenoxy) is 2. The molecule has 1 fully saturated rings. The molecule has 1 N–H and O–H groups in total. The molecular weight excluding hydrogens is 292 g/mol. The number of piperazine rings is 1. The maximum absolute atomic E-state index is 12.7. The number of nitrogens with one attached hydrogen (secondary N) is 1. The first-order valence-electron chi connectivity index (χ1n) is 7.05. The van der Waals surface area contributed by atoms with Gasteiger partial charge in [-0.05, 0) is 25.1 Å². The Morgan fingerprint density at radius 2 is 2.29 bits per heavy atom. The van der Waals surface area contributed by atoms with E-state index in [4.69, 9.17) is 21.1 Å². The number of benzene rings is 1. The maximum Gasteiger partial charge on any atom is 0.257 e. The summed E-state index contributed by atoms with van der Waals surface area (Å²) in [6, 6.07) is 5.41. The third kappa shape index (κ3) is 4.33. The Morgan fingerprint density at radius 3 is 3.00 bits per heavy atom. The lowest BCUT2D eigenvalue weighted by Crippen LogP contribution is -2.51. The molecule has 1 atom stereocenters.